The summed E-state index contributed by atoms with van der Waals surface area (Å²) < 4.78 is 0. The lowest BCUT2D eigenvalue weighted by molar-refractivity contribution is 0.573. The molecule has 0 amide bonds. The molecule has 0 aromatic carbocycles. The lowest BCUT2D eigenvalue weighted by atomic mass is 10.2. The Labute approximate surface area is 75.9 Å². The molecule has 0 radical (unpaired) electrons. The van der Waals surface area contributed by atoms with Crippen LogP contribution in [0.15, 0.2) is 0 Å². The van der Waals surface area contributed by atoms with Gasteiger partial charge in [-0.3, -0.25) is 0 Å². The normalized spacial score (nSPS) is 16.8. The summed E-state index contributed by atoms with van der Waals surface area (Å²) in [6, 6.07) is 0. The SMILES string of the molecule is NCCCCNCCCC1CC1. The third kappa shape index (κ3) is 5.56. The van der Waals surface area contributed by atoms with E-state index in [1.54, 1.807) is 0 Å². The topological polar surface area (TPSA) is 38.0 Å². The molecule has 3 N–H and O–H groups in total. The molecule has 0 saturated heterocycles. The third-order valence-corrected chi connectivity index (χ3v) is 2.47. The van der Waals surface area contributed by atoms with Crippen molar-refractivity contribution >= 4 is 0 Å². The Kier molecular flexibility index (Phi) is 5.37. The molecule has 0 aromatic heterocycles. The summed E-state index contributed by atoms with van der Waals surface area (Å²) >= 11 is 0. The maximum Gasteiger partial charge on any atom is -0.00484 e. The fourth-order valence-electron chi connectivity index (χ4n) is 1.44. The Bertz CT molecular complexity index is 100. The van der Waals surface area contributed by atoms with Crippen LogP contribution in [-0.2, 0) is 0 Å². The zero-order chi connectivity index (χ0) is 8.65. The predicted octanol–water partition coefficient (Wildman–Crippen LogP) is 1.51. The van der Waals surface area contributed by atoms with Gasteiger partial charge in [0, 0.05) is 0 Å². The minimum Gasteiger partial charge on any atom is -0.330 e. The Balaban J connectivity index is 1.65. The molecule has 0 bridgehead atoms. The van der Waals surface area contributed by atoms with Gasteiger partial charge in [-0.15, -0.1) is 0 Å². The van der Waals surface area contributed by atoms with E-state index in [0.717, 1.165) is 25.4 Å². The van der Waals surface area contributed by atoms with Gasteiger partial charge in [0.2, 0.25) is 0 Å². The first-order chi connectivity index (χ1) is 5.93. The summed E-state index contributed by atoms with van der Waals surface area (Å²) in [4.78, 5) is 0. The van der Waals surface area contributed by atoms with Crippen LogP contribution in [0.1, 0.15) is 38.5 Å². The van der Waals surface area contributed by atoms with Gasteiger partial charge in [-0.25, -0.2) is 0 Å². The van der Waals surface area contributed by atoms with Crippen molar-refractivity contribution in [1.29, 1.82) is 0 Å². The van der Waals surface area contributed by atoms with E-state index in [1.807, 2.05) is 0 Å². The molecular weight excluding hydrogens is 148 g/mol. The highest BCUT2D eigenvalue weighted by Gasteiger charge is 2.19. The van der Waals surface area contributed by atoms with E-state index in [0.29, 0.717) is 0 Å². The van der Waals surface area contributed by atoms with Crippen LogP contribution in [0.5, 0.6) is 0 Å². The summed E-state index contributed by atoms with van der Waals surface area (Å²) in [7, 11) is 0. The number of hydrogen-bond acceptors (Lipinski definition) is 2. The quantitative estimate of drug-likeness (QED) is 0.542. The molecule has 0 aromatic rings. The standard InChI is InChI=1S/C10H22N2/c11-7-1-2-8-12-9-3-4-10-5-6-10/h10,12H,1-9,11H2. The number of rotatable bonds is 8. The van der Waals surface area contributed by atoms with E-state index >= 15 is 0 Å². The zero-order valence-electron chi connectivity index (χ0n) is 8.02. The molecule has 1 saturated carbocycles. The lowest BCUT2D eigenvalue weighted by Gasteiger charge is -2.02. The third-order valence-electron chi connectivity index (χ3n) is 2.47. The Morgan fingerprint density at radius 1 is 1.08 bits per heavy atom. The summed E-state index contributed by atoms with van der Waals surface area (Å²) in [5, 5.41) is 3.45. The average molecular weight is 170 g/mol. The van der Waals surface area contributed by atoms with Crippen molar-refractivity contribution in [3.8, 4) is 0 Å². The minimum absolute atomic E-state index is 0.837. The number of nitrogens with two attached hydrogens (primary N) is 1. The van der Waals surface area contributed by atoms with Gasteiger partial charge < -0.3 is 11.1 Å². The molecule has 72 valence electrons. The molecule has 0 heterocycles. The van der Waals surface area contributed by atoms with Gasteiger partial charge in [0.1, 0.15) is 0 Å². The molecule has 0 spiro atoms. The van der Waals surface area contributed by atoms with Crippen molar-refractivity contribution in [2.75, 3.05) is 19.6 Å². The summed E-state index contributed by atoms with van der Waals surface area (Å²) in [6.07, 6.45) is 8.20. The van der Waals surface area contributed by atoms with E-state index in [-0.39, 0.29) is 0 Å². The minimum atomic E-state index is 0.837. The van der Waals surface area contributed by atoms with Gasteiger partial charge in [0.15, 0.2) is 0 Å². The van der Waals surface area contributed by atoms with Gasteiger partial charge in [-0.05, 0) is 51.2 Å². The predicted molar refractivity (Wildman–Crippen MR) is 53.1 cm³/mol. The molecule has 0 atom stereocenters. The van der Waals surface area contributed by atoms with E-state index in [2.05, 4.69) is 5.32 Å². The van der Waals surface area contributed by atoms with Gasteiger partial charge >= 0.3 is 0 Å². The summed E-state index contributed by atoms with van der Waals surface area (Å²) in [5.41, 5.74) is 5.39. The molecule has 1 rings (SSSR count). The zero-order valence-corrected chi connectivity index (χ0v) is 8.02. The fourth-order valence-corrected chi connectivity index (χ4v) is 1.44. The maximum absolute atomic E-state index is 5.39. The van der Waals surface area contributed by atoms with Crippen LogP contribution in [0, 0.1) is 5.92 Å². The van der Waals surface area contributed by atoms with Crippen LogP contribution in [0.25, 0.3) is 0 Å². The maximum atomic E-state index is 5.39. The lowest BCUT2D eigenvalue weighted by Crippen LogP contribution is -2.17. The number of unbranched alkanes of at least 4 members (excludes halogenated alkanes) is 1. The second-order valence-electron chi connectivity index (χ2n) is 3.83. The largest absolute Gasteiger partial charge is 0.330 e. The van der Waals surface area contributed by atoms with E-state index in [4.69, 9.17) is 5.73 Å². The molecular formula is C10H22N2. The van der Waals surface area contributed by atoms with Crippen LogP contribution in [-0.4, -0.2) is 19.6 Å². The van der Waals surface area contributed by atoms with E-state index < -0.39 is 0 Å². The van der Waals surface area contributed by atoms with Crippen LogP contribution < -0.4 is 11.1 Å². The van der Waals surface area contributed by atoms with Crippen molar-refractivity contribution in [2.45, 2.75) is 38.5 Å². The molecule has 2 nitrogen and oxygen atoms in total. The molecule has 12 heavy (non-hydrogen) atoms. The van der Waals surface area contributed by atoms with Crippen LogP contribution in [0.2, 0.25) is 0 Å². The Hall–Kier alpha value is -0.0800. The molecule has 1 aliphatic carbocycles. The first-order valence-corrected chi connectivity index (χ1v) is 5.34. The second-order valence-corrected chi connectivity index (χ2v) is 3.83. The van der Waals surface area contributed by atoms with Crippen molar-refractivity contribution < 1.29 is 0 Å². The van der Waals surface area contributed by atoms with Gasteiger partial charge in [-0.2, -0.15) is 0 Å². The second kappa shape index (κ2) is 6.44. The monoisotopic (exact) mass is 170 g/mol. The highest BCUT2D eigenvalue weighted by molar-refractivity contribution is 4.72. The molecule has 2 heteroatoms. The highest BCUT2D eigenvalue weighted by atomic mass is 14.8. The van der Waals surface area contributed by atoms with Crippen LogP contribution in [0.4, 0.5) is 0 Å². The molecule has 1 fully saturated rings. The smallest absolute Gasteiger partial charge is 0.00484 e. The van der Waals surface area contributed by atoms with Crippen LogP contribution >= 0.6 is 0 Å². The van der Waals surface area contributed by atoms with Crippen molar-refractivity contribution in [2.24, 2.45) is 11.7 Å². The van der Waals surface area contributed by atoms with Gasteiger partial charge in [0.25, 0.3) is 0 Å². The van der Waals surface area contributed by atoms with Crippen LogP contribution in [0.3, 0.4) is 0 Å². The number of hydrogen-bond donors (Lipinski definition) is 2. The van der Waals surface area contributed by atoms with E-state index in [9.17, 15) is 0 Å². The molecule has 0 unspecified atom stereocenters. The van der Waals surface area contributed by atoms with E-state index in [1.165, 1.54) is 38.6 Å². The van der Waals surface area contributed by atoms with Gasteiger partial charge in [-0.1, -0.05) is 12.8 Å². The summed E-state index contributed by atoms with van der Waals surface area (Å²) in [5.74, 6) is 1.09. The van der Waals surface area contributed by atoms with Crippen molar-refractivity contribution in [3.63, 3.8) is 0 Å². The highest BCUT2D eigenvalue weighted by Crippen LogP contribution is 2.33. The van der Waals surface area contributed by atoms with Crippen molar-refractivity contribution in [3.05, 3.63) is 0 Å². The molecule has 0 aliphatic heterocycles. The van der Waals surface area contributed by atoms with Crippen molar-refractivity contribution in [1.82, 2.24) is 5.32 Å². The first kappa shape index (κ1) is 10.0. The van der Waals surface area contributed by atoms with Gasteiger partial charge in [0.05, 0.1) is 0 Å². The first-order valence-electron chi connectivity index (χ1n) is 5.34. The Morgan fingerprint density at radius 3 is 2.50 bits per heavy atom. The average Bonchev–Trinajstić information content (AvgIpc) is 2.87. The number of nitrogens with one attached hydrogen (secondary N) is 1. The fraction of sp³-hybridized carbons (Fsp3) is 1.00. The molecule has 1 aliphatic rings. The summed E-state index contributed by atoms with van der Waals surface area (Å²) in [6.45, 7) is 3.20. The Morgan fingerprint density at radius 2 is 1.83 bits per heavy atom.